The Morgan fingerprint density at radius 2 is 2.00 bits per heavy atom. The molecule has 0 fully saturated rings. The first kappa shape index (κ1) is 16.5. The lowest BCUT2D eigenvalue weighted by Crippen LogP contribution is -2.12. The second-order valence-corrected chi connectivity index (χ2v) is 4.99. The Kier molecular flexibility index (Phi) is 5.68. The Labute approximate surface area is 134 Å². The van der Waals surface area contributed by atoms with Gasteiger partial charge in [-0.05, 0) is 24.6 Å². The average molecular weight is 314 g/mol. The SMILES string of the molecule is CCCCOc1cccc(NC(=O)c2cccc([N+](=O)[O-])c2)c1. The second kappa shape index (κ2) is 7.93. The van der Waals surface area contributed by atoms with E-state index < -0.39 is 10.8 Å². The maximum absolute atomic E-state index is 12.2. The smallest absolute Gasteiger partial charge is 0.270 e. The number of nitro groups is 1. The molecule has 0 unspecified atom stereocenters. The monoisotopic (exact) mass is 314 g/mol. The zero-order valence-electron chi connectivity index (χ0n) is 12.8. The lowest BCUT2D eigenvalue weighted by Gasteiger charge is -2.09. The van der Waals surface area contributed by atoms with Gasteiger partial charge in [-0.15, -0.1) is 0 Å². The van der Waals surface area contributed by atoms with Crippen LogP contribution in [-0.4, -0.2) is 17.4 Å². The van der Waals surface area contributed by atoms with Crippen molar-refractivity contribution < 1.29 is 14.5 Å². The van der Waals surface area contributed by atoms with Crippen LogP contribution in [0.5, 0.6) is 5.75 Å². The molecule has 0 atom stereocenters. The molecule has 2 aromatic rings. The number of ether oxygens (including phenoxy) is 1. The highest BCUT2D eigenvalue weighted by Gasteiger charge is 2.11. The minimum Gasteiger partial charge on any atom is -0.494 e. The van der Waals surface area contributed by atoms with E-state index in [4.69, 9.17) is 4.74 Å². The van der Waals surface area contributed by atoms with Crippen LogP contribution in [0.15, 0.2) is 48.5 Å². The summed E-state index contributed by atoms with van der Waals surface area (Å²) in [6.07, 6.45) is 2.01. The minimum absolute atomic E-state index is 0.116. The van der Waals surface area contributed by atoms with Gasteiger partial charge in [-0.1, -0.05) is 25.5 Å². The van der Waals surface area contributed by atoms with Crippen molar-refractivity contribution in [2.24, 2.45) is 0 Å². The summed E-state index contributed by atoms with van der Waals surface area (Å²) in [5.41, 5.74) is 0.696. The summed E-state index contributed by atoms with van der Waals surface area (Å²) < 4.78 is 5.58. The Bertz CT molecular complexity index is 700. The van der Waals surface area contributed by atoms with Gasteiger partial charge in [-0.25, -0.2) is 0 Å². The van der Waals surface area contributed by atoms with Crippen LogP contribution in [0.2, 0.25) is 0 Å². The molecule has 1 N–H and O–H groups in total. The van der Waals surface area contributed by atoms with E-state index in [1.165, 1.54) is 24.3 Å². The third-order valence-corrected chi connectivity index (χ3v) is 3.18. The van der Waals surface area contributed by atoms with Crippen molar-refractivity contribution in [3.05, 3.63) is 64.2 Å². The van der Waals surface area contributed by atoms with Crippen LogP contribution in [0, 0.1) is 10.1 Å². The molecule has 0 saturated carbocycles. The summed E-state index contributed by atoms with van der Waals surface area (Å²) in [4.78, 5) is 22.4. The molecule has 0 bridgehead atoms. The third-order valence-electron chi connectivity index (χ3n) is 3.18. The Morgan fingerprint density at radius 3 is 2.74 bits per heavy atom. The van der Waals surface area contributed by atoms with Crippen LogP contribution in [0.4, 0.5) is 11.4 Å². The molecule has 1 amide bonds. The van der Waals surface area contributed by atoms with E-state index in [2.05, 4.69) is 12.2 Å². The number of hydrogen-bond donors (Lipinski definition) is 1. The molecule has 0 aromatic heterocycles. The van der Waals surface area contributed by atoms with Gasteiger partial charge in [0.2, 0.25) is 0 Å². The fraction of sp³-hybridized carbons (Fsp3) is 0.235. The molecule has 0 spiro atoms. The average Bonchev–Trinajstić information content (AvgIpc) is 2.55. The van der Waals surface area contributed by atoms with Crippen LogP contribution in [0.1, 0.15) is 30.1 Å². The molecule has 0 radical (unpaired) electrons. The predicted octanol–water partition coefficient (Wildman–Crippen LogP) is 4.03. The molecule has 0 aliphatic rings. The number of hydrogen-bond acceptors (Lipinski definition) is 4. The van der Waals surface area contributed by atoms with E-state index in [1.807, 2.05) is 6.07 Å². The first-order chi connectivity index (χ1) is 11.1. The summed E-state index contributed by atoms with van der Waals surface area (Å²) in [7, 11) is 0. The topological polar surface area (TPSA) is 81.5 Å². The van der Waals surface area contributed by atoms with E-state index in [0.717, 1.165) is 12.8 Å². The van der Waals surface area contributed by atoms with Gasteiger partial charge in [0.1, 0.15) is 5.75 Å². The molecule has 0 heterocycles. The van der Waals surface area contributed by atoms with Crippen LogP contribution >= 0.6 is 0 Å². The van der Waals surface area contributed by atoms with E-state index in [0.29, 0.717) is 18.0 Å². The van der Waals surface area contributed by atoms with Crippen molar-refractivity contribution in [3.63, 3.8) is 0 Å². The lowest BCUT2D eigenvalue weighted by atomic mass is 10.2. The minimum atomic E-state index is -0.529. The highest BCUT2D eigenvalue weighted by Crippen LogP contribution is 2.19. The number of rotatable bonds is 7. The summed E-state index contributed by atoms with van der Waals surface area (Å²) in [6, 6.07) is 12.7. The molecule has 6 nitrogen and oxygen atoms in total. The molecule has 0 aliphatic heterocycles. The number of amides is 1. The highest BCUT2D eigenvalue weighted by molar-refractivity contribution is 6.04. The molecular weight excluding hydrogens is 296 g/mol. The summed E-state index contributed by atoms with van der Waals surface area (Å²) in [5, 5.41) is 13.5. The van der Waals surface area contributed by atoms with Crippen molar-refractivity contribution in [3.8, 4) is 5.75 Å². The standard InChI is InChI=1S/C17H18N2O4/c1-2-3-10-23-16-9-5-7-14(12-16)18-17(20)13-6-4-8-15(11-13)19(21)22/h4-9,11-12H,2-3,10H2,1H3,(H,18,20). The number of nitrogens with zero attached hydrogens (tertiary/aromatic N) is 1. The Balaban J connectivity index is 2.06. The summed E-state index contributed by atoms with van der Waals surface area (Å²) in [6.45, 7) is 2.71. The van der Waals surface area contributed by atoms with E-state index in [9.17, 15) is 14.9 Å². The van der Waals surface area contributed by atoms with E-state index in [1.54, 1.807) is 18.2 Å². The summed E-state index contributed by atoms with van der Waals surface area (Å²) >= 11 is 0. The molecule has 0 aliphatic carbocycles. The molecule has 2 aromatic carbocycles. The quantitative estimate of drug-likeness (QED) is 0.475. The number of carbonyl (C=O) groups excluding carboxylic acids is 1. The second-order valence-electron chi connectivity index (χ2n) is 4.99. The van der Waals surface area contributed by atoms with Gasteiger partial charge >= 0.3 is 0 Å². The predicted molar refractivity (Wildman–Crippen MR) is 87.9 cm³/mol. The number of non-ortho nitro benzene ring substituents is 1. The zero-order chi connectivity index (χ0) is 16.7. The van der Waals surface area contributed by atoms with Gasteiger partial charge in [-0.2, -0.15) is 0 Å². The van der Waals surface area contributed by atoms with Crippen molar-refractivity contribution in [1.82, 2.24) is 0 Å². The van der Waals surface area contributed by atoms with Crippen molar-refractivity contribution in [2.75, 3.05) is 11.9 Å². The normalized spacial score (nSPS) is 10.1. The number of nitrogens with one attached hydrogen (secondary N) is 1. The maximum Gasteiger partial charge on any atom is 0.270 e. The molecule has 23 heavy (non-hydrogen) atoms. The fourth-order valence-corrected chi connectivity index (χ4v) is 1.96. The van der Waals surface area contributed by atoms with Crippen molar-refractivity contribution in [1.29, 1.82) is 0 Å². The largest absolute Gasteiger partial charge is 0.494 e. The van der Waals surface area contributed by atoms with Gasteiger partial charge in [0, 0.05) is 29.4 Å². The number of unbranched alkanes of at least 4 members (excludes halogenated alkanes) is 1. The lowest BCUT2D eigenvalue weighted by molar-refractivity contribution is -0.384. The molecule has 2 rings (SSSR count). The van der Waals surface area contributed by atoms with Gasteiger partial charge in [0.15, 0.2) is 0 Å². The Morgan fingerprint density at radius 1 is 1.22 bits per heavy atom. The van der Waals surface area contributed by atoms with Crippen LogP contribution < -0.4 is 10.1 Å². The van der Waals surface area contributed by atoms with Crippen LogP contribution in [-0.2, 0) is 0 Å². The van der Waals surface area contributed by atoms with Crippen molar-refractivity contribution in [2.45, 2.75) is 19.8 Å². The number of anilines is 1. The van der Waals surface area contributed by atoms with Gasteiger partial charge in [0.25, 0.3) is 11.6 Å². The van der Waals surface area contributed by atoms with E-state index >= 15 is 0 Å². The van der Waals surface area contributed by atoms with Crippen molar-refractivity contribution >= 4 is 17.3 Å². The fourth-order valence-electron chi connectivity index (χ4n) is 1.96. The highest BCUT2D eigenvalue weighted by atomic mass is 16.6. The molecule has 120 valence electrons. The number of nitro benzene ring substituents is 1. The molecule has 6 heteroatoms. The third kappa shape index (κ3) is 4.81. The zero-order valence-corrected chi connectivity index (χ0v) is 12.8. The van der Waals surface area contributed by atoms with Crippen LogP contribution in [0.25, 0.3) is 0 Å². The van der Waals surface area contributed by atoms with Gasteiger partial charge < -0.3 is 10.1 Å². The van der Waals surface area contributed by atoms with Crippen LogP contribution in [0.3, 0.4) is 0 Å². The van der Waals surface area contributed by atoms with Gasteiger partial charge in [0.05, 0.1) is 11.5 Å². The van der Waals surface area contributed by atoms with E-state index in [-0.39, 0.29) is 11.3 Å². The first-order valence-corrected chi connectivity index (χ1v) is 7.39. The van der Waals surface area contributed by atoms with Gasteiger partial charge in [-0.3, -0.25) is 14.9 Å². The first-order valence-electron chi connectivity index (χ1n) is 7.39. The Hall–Kier alpha value is -2.89. The molecule has 0 saturated heterocycles. The summed E-state index contributed by atoms with van der Waals surface area (Å²) in [5.74, 6) is 0.273. The number of benzene rings is 2. The number of carbonyl (C=O) groups is 1. The maximum atomic E-state index is 12.2. The molecular formula is C17H18N2O4.